The van der Waals surface area contributed by atoms with Crippen molar-refractivity contribution in [3.8, 4) is 0 Å². The molecule has 1 aromatic carbocycles. The molecule has 0 aromatic heterocycles. The van der Waals surface area contributed by atoms with Crippen LogP contribution in [-0.4, -0.2) is 11.9 Å². The molecule has 2 aliphatic rings. The van der Waals surface area contributed by atoms with E-state index < -0.39 is 0 Å². The van der Waals surface area contributed by atoms with Crippen molar-refractivity contribution < 1.29 is 4.79 Å². The zero-order chi connectivity index (χ0) is 13.7. The molecule has 0 radical (unpaired) electrons. The molecule has 1 aliphatic carbocycles. The number of nitrogens with one attached hydrogen (secondary N) is 1. The van der Waals surface area contributed by atoms with E-state index in [0.29, 0.717) is 12.5 Å². The average Bonchev–Trinajstić information content (AvgIpc) is 2.72. The first-order valence-corrected chi connectivity index (χ1v) is 7.39. The number of rotatable bonds is 1. The van der Waals surface area contributed by atoms with Crippen LogP contribution in [0.4, 0.5) is 0 Å². The molecule has 1 aromatic rings. The van der Waals surface area contributed by atoms with Gasteiger partial charge in [-0.3, -0.25) is 4.79 Å². The highest BCUT2D eigenvalue weighted by atomic mass is 16.2. The number of benzene rings is 1. The van der Waals surface area contributed by atoms with Gasteiger partial charge < -0.3 is 5.32 Å². The van der Waals surface area contributed by atoms with Gasteiger partial charge in [-0.05, 0) is 35.8 Å². The highest BCUT2D eigenvalue weighted by molar-refractivity contribution is 5.82. The molecular weight excluding hydrogens is 234 g/mol. The van der Waals surface area contributed by atoms with E-state index in [2.05, 4.69) is 50.4 Å². The van der Waals surface area contributed by atoms with Crippen molar-refractivity contribution in [1.29, 1.82) is 0 Å². The fraction of sp³-hybridized carbons (Fsp3) is 0.588. The maximum Gasteiger partial charge on any atom is 0.221 e. The second-order valence-electron chi connectivity index (χ2n) is 6.79. The summed E-state index contributed by atoms with van der Waals surface area (Å²) in [6.45, 7) is 6.83. The maximum absolute atomic E-state index is 11.9. The van der Waals surface area contributed by atoms with Gasteiger partial charge in [0.1, 0.15) is 0 Å². The molecule has 0 saturated carbocycles. The van der Waals surface area contributed by atoms with Crippen LogP contribution in [-0.2, 0) is 15.6 Å². The maximum atomic E-state index is 11.9. The van der Waals surface area contributed by atoms with Crippen LogP contribution in [0.25, 0.3) is 0 Å². The quantitative estimate of drug-likeness (QED) is 0.821. The van der Waals surface area contributed by atoms with Gasteiger partial charge in [-0.25, -0.2) is 0 Å². The number of carbonyl (C=O) groups is 1. The van der Waals surface area contributed by atoms with Crippen LogP contribution < -0.4 is 5.32 Å². The molecule has 1 N–H and O–H groups in total. The van der Waals surface area contributed by atoms with Gasteiger partial charge in [0.05, 0.1) is 0 Å². The molecule has 1 amide bonds. The topological polar surface area (TPSA) is 29.1 Å². The highest BCUT2D eigenvalue weighted by Crippen LogP contribution is 2.51. The normalized spacial score (nSPS) is 32.2. The third-order valence-electron chi connectivity index (χ3n) is 5.28. The van der Waals surface area contributed by atoms with Crippen molar-refractivity contribution in [2.45, 2.75) is 63.3 Å². The Kier molecular flexibility index (Phi) is 2.74. The number of fused-ring (bicyclic) bond motifs is 2. The number of amides is 1. The molecule has 2 heteroatoms. The van der Waals surface area contributed by atoms with Gasteiger partial charge in [0, 0.05) is 17.9 Å². The van der Waals surface area contributed by atoms with E-state index in [0.717, 1.165) is 19.3 Å². The number of hydrogen-bond donors (Lipinski definition) is 1. The Morgan fingerprint density at radius 3 is 2.58 bits per heavy atom. The minimum absolute atomic E-state index is 0.0396. The standard InChI is InChI=1S/C17H23NO/c1-4-14-17(11-15(19)18-14)10-9-16(2,3)12-7-5-6-8-13(12)17/h5-8,14H,4,9-11H2,1-3H3,(H,18,19). The van der Waals surface area contributed by atoms with Crippen LogP contribution >= 0.6 is 0 Å². The molecule has 1 saturated heterocycles. The van der Waals surface area contributed by atoms with Crippen LogP contribution in [0, 0.1) is 0 Å². The first kappa shape index (κ1) is 12.7. The summed E-state index contributed by atoms with van der Waals surface area (Å²) in [5.74, 6) is 0.223. The van der Waals surface area contributed by atoms with E-state index in [-0.39, 0.29) is 16.7 Å². The van der Waals surface area contributed by atoms with E-state index in [9.17, 15) is 4.79 Å². The number of carbonyl (C=O) groups excluding carboxylic acids is 1. The van der Waals surface area contributed by atoms with E-state index in [1.807, 2.05) is 0 Å². The highest BCUT2D eigenvalue weighted by Gasteiger charge is 2.51. The van der Waals surface area contributed by atoms with Crippen LogP contribution in [0.1, 0.15) is 57.6 Å². The van der Waals surface area contributed by atoms with Gasteiger partial charge in [0.2, 0.25) is 5.91 Å². The van der Waals surface area contributed by atoms with Crippen LogP contribution in [0.3, 0.4) is 0 Å². The Hall–Kier alpha value is -1.31. The van der Waals surface area contributed by atoms with E-state index >= 15 is 0 Å². The van der Waals surface area contributed by atoms with Crippen molar-refractivity contribution in [3.63, 3.8) is 0 Å². The van der Waals surface area contributed by atoms with Crippen molar-refractivity contribution in [2.24, 2.45) is 0 Å². The predicted molar refractivity (Wildman–Crippen MR) is 77.2 cm³/mol. The second-order valence-corrected chi connectivity index (χ2v) is 6.79. The Labute approximate surface area is 115 Å². The molecule has 1 fully saturated rings. The zero-order valence-corrected chi connectivity index (χ0v) is 12.1. The van der Waals surface area contributed by atoms with E-state index in [4.69, 9.17) is 0 Å². The molecule has 3 rings (SSSR count). The molecule has 2 unspecified atom stereocenters. The van der Waals surface area contributed by atoms with Crippen molar-refractivity contribution in [1.82, 2.24) is 5.32 Å². The van der Waals surface area contributed by atoms with Crippen LogP contribution in [0.2, 0.25) is 0 Å². The van der Waals surface area contributed by atoms with Gasteiger partial charge in [0.25, 0.3) is 0 Å². The number of hydrogen-bond acceptors (Lipinski definition) is 1. The lowest BCUT2D eigenvalue weighted by Crippen LogP contribution is -2.45. The summed E-state index contributed by atoms with van der Waals surface area (Å²) in [6, 6.07) is 9.06. The van der Waals surface area contributed by atoms with E-state index in [1.165, 1.54) is 11.1 Å². The minimum atomic E-state index is 0.0396. The summed E-state index contributed by atoms with van der Waals surface area (Å²) in [4.78, 5) is 11.9. The first-order chi connectivity index (χ1) is 8.99. The van der Waals surface area contributed by atoms with Gasteiger partial charge in [-0.2, -0.15) is 0 Å². The molecule has 19 heavy (non-hydrogen) atoms. The first-order valence-electron chi connectivity index (χ1n) is 7.39. The molecule has 2 nitrogen and oxygen atoms in total. The second kappa shape index (κ2) is 4.09. The Bertz CT molecular complexity index is 520. The van der Waals surface area contributed by atoms with Crippen molar-refractivity contribution in [3.05, 3.63) is 35.4 Å². The van der Waals surface area contributed by atoms with Gasteiger partial charge in [-0.1, -0.05) is 45.0 Å². The lowest BCUT2D eigenvalue weighted by atomic mass is 9.58. The monoisotopic (exact) mass is 257 g/mol. The largest absolute Gasteiger partial charge is 0.352 e. The third-order valence-corrected chi connectivity index (χ3v) is 5.28. The summed E-state index contributed by atoms with van der Waals surface area (Å²) in [5.41, 5.74) is 3.12. The van der Waals surface area contributed by atoms with Crippen LogP contribution in [0.5, 0.6) is 0 Å². The SMILES string of the molecule is CCC1NC(=O)CC12CCC(C)(C)c1ccccc12. The smallest absolute Gasteiger partial charge is 0.221 e. The molecule has 1 aliphatic heterocycles. The zero-order valence-electron chi connectivity index (χ0n) is 12.1. The van der Waals surface area contributed by atoms with Crippen molar-refractivity contribution >= 4 is 5.91 Å². The third kappa shape index (κ3) is 1.73. The Morgan fingerprint density at radius 1 is 1.21 bits per heavy atom. The Morgan fingerprint density at radius 2 is 1.89 bits per heavy atom. The summed E-state index contributed by atoms with van der Waals surface area (Å²) in [7, 11) is 0. The molecule has 1 heterocycles. The molecule has 0 bridgehead atoms. The molecule has 102 valence electrons. The summed E-state index contributed by atoms with van der Waals surface area (Å²) in [6.07, 6.45) is 3.96. The fourth-order valence-electron chi connectivity index (χ4n) is 4.14. The Balaban J connectivity index is 2.17. The molecule has 1 spiro atoms. The minimum Gasteiger partial charge on any atom is -0.352 e. The lowest BCUT2D eigenvalue weighted by molar-refractivity contribution is -0.119. The van der Waals surface area contributed by atoms with Gasteiger partial charge in [0.15, 0.2) is 0 Å². The summed E-state index contributed by atoms with van der Waals surface area (Å²) < 4.78 is 0. The van der Waals surface area contributed by atoms with E-state index in [1.54, 1.807) is 0 Å². The molecule has 2 atom stereocenters. The summed E-state index contributed by atoms with van der Waals surface area (Å²) >= 11 is 0. The molecular formula is C17H23NO. The van der Waals surface area contributed by atoms with Gasteiger partial charge >= 0.3 is 0 Å². The summed E-state index contributed by atoms with van der Waals surface area (Å²) in [5, 5.41) is 3.19. The lowest BCUT2D eigenvalue weighted by Gasteiger charge is -2.45. The average molecular weight is 257 g/mol. The van der Waals surface area contributed by atoms with Crippen LogP contribution in [0.15, 0.2) is 24.3 Å². The van der Waals surface area contributed by atoms with Crippen molar-refractivity contribution in [2.75, 3.05) is 0 Å². The van der Waals surface area contributed by atoms with Gasteiger partial charge in [-0.15, -0.1) is 0 Å². The fourth-order valence-corrected chi connectivity index (χ4v) is 4.14. The predicted octanol–water partition coefficient (Wildman–Crippen LogP) is 3.29.